The Morgan fingerprint density at radius 1 is 1.27 bits per heavy atom. The Labute approximate surface area is 131 Å². The summed E-state index contributed by atoms with van der Waals surface area (Å²) in [6.45, 7) is 3.25. The molecule has 1 N–H and O–H groups in total. The van der Waals surface area contributed by atoms with Gasteiger partial charge in [-0.3, -0.25) is 19.3 Å². The van der Waals surface area contributed by atoms with Gasteiger partial charge in [0.15, 0.2) is 0 Å². The smallest absolute Gasteiger partial charge is 0.334 e. The molecule has 0 aliphatic carbocycles. The van der Waals surface area contributed by atoms with Crippen LogP contribution < -0.4 is 5.32 Å². The Morgan fingerprint density at radius 3 is 2.55 bits per heavy atom. The van der Waals surface area contributed by atoms with Gasteiger partial charge in [-0.1, -0.05) is 6.07 Å². The predicted molar refractivity (Wildman–Crippen MR) is 80.1 cm³/mol. The molecule has 1 saturated heterocycles. The third-order valence-corrected chi connectivity index (χ3v) is 4.11. The van der Waals surface area contributed by atoms with Crippen LogP contribution in [-0.2, 0) is 20.8 Å². The standard InChI is InChI=1S/C14H17N3O4S/c1-9(2)17-13(20)12(19)16(14(17)21)8-11(18)15-6-5-10-4-3-7-22-10/h3-4,7,9H,5-6,8H2,1-2H3,(H,15,18). The fraction of sp³-hybridized carbons (Fsp3) is 0.429. The number of imide groups is 2. The molecule has 0 spiro atoms. The molecule has 1 aliphatic rings. The van der Waals surface area contributed by atoms with Crippen LogP contribution in [0.4, 0.5) is 4.79 Å². The van der Waals surface area contributed by atoms with E-state index in [2.05, 4.69) is 5.32 Å². The summed E-state index contributed by atoms with van der Waals surface area (Å²) in [5, 5.41) is 4.59. The quantitative estimate of drug-likeness (QED) is 0.614. The minimum atomic E-state index is -0.952. The zero-order chi connectivity index (χ0) is 16.3. The van der Waals surface area contributed by atoms with E-state index < -0.39 is 36.3 Å². The largest absolute Gasteiger partial charge is 0.354 e. The van der Waals surface area contributed by atoms with Crippen molar-refractivity contribution in [2.75, 3.05) is 13.1 Å². The Bertz CT molecular complexity index is 597. The summed E-state index contributed by atoms with van der Waals surface area (Å²) in [5.74, 6) is -2.30. The summed E-state index contributed by atoms with van der Waals surface area (Å²) < 4.78 is 0. The van der Waals surface area contributed by atoms with E-state index in [9.17, 15) is 19.2 Å². The number of hydrogen-bond acceptors (Lipinski definition) is 5. The average molecular weight is 323 g/mol. The summed E-state index contributed by atoms with van der Waals surface area (Å²) >= 11 is 1.59. The first-order valence-electron chi connectivity index (χ1n) is 6.90. The van der Waals surface area contributed by atoms with Crippen LogP contribution in [0.25, 0.3) is 0 Å². The van der Waals surface area contributed by atoms with Crippen LogP contribution in [0.15, 0.2) is 17.5 Å². The van der Waals surface area contributed by atoms with Gasteiger partial charge in [0, 0.05) is 17.5 Å². The lowest BCUT2D eigenvalue weighted by Crippen LogP contribution is -2.42. The van der Waals surface area contributed by atoms with Gasteiger partial charge in [0.1, 0.15) is 6.54 Å². The monoisotopic (exact) mass is 323 g/mol. The Morgan fingerprint density at radius 2 is 2.00 bits per heavy atom. The predicted octanol–water partition coefficient (Wildman–Crippen LogP) is 0.606. The summed E-state index contributed by atoms with van der Waals surface area (Å²) in [7, 11) is 0. The van der Waals surface area contributed by atoms with Crippen LogP contribution in [0.2, 0.25) is 0 Å². The highest BCUT2D eigenvalue weighted by molar-refractivity contribution is 7.09. The van der Waals surface area contributed by atoms with E-state index in [4.69, 9.17) is 0 Å². The SMILES string of the molecule is CC(C)N1C(=O)C(=O)N(CC(=O)NCCc2cccs2)C1=O. The molecule has 1 aliphatic heterocycles. The van der Waals surface area contributed by atoms with Crippen molar-refractivity contribution >= 4 is 35.1 Å². The molecule has 0 bridgehead atoms. The van der Waals surface area contributed by atoms with Crippen molar-refractivity contribution < 1.29 is 19.2 Å². The lowest BCUT2D eigenvalue weighted by molar-refractivity contribution is -0.144. The molecule has 0 unspecified atom stereocenters. The number of nitrogens with one attached hydrogen (secondary N) is 1. The summed E-state index contributed by atoms with van der Waals surface area (Å²) in [4.78, 5) is 50.0. The molecule has 0 aromatic carbocycles. The van der Waals surface area contributed by atoms with E-state index in [1.807, 2.05) is 17.5 Å². The number of urea groups is 1. The summed E-state index contributed by atoms with van der Waals surface area (Å²) in [5.41, 5.74) is 0. The molecule has 1 aromatic rings. The number of hydrogen-bond donors (Lipinski definition) is 1. The minimum Gasteiger partial charge on any atom is -0.354 e. The van der Waals surface area contributed by atoms with Crippen molar-refractivity contribution in [2.45, 2.75) is 26.3 Å². The molecule has 0 atom stereocenters. The number of carbonyl (C=O) groups is 4. The second-order valence-electron chi connectivity index (χ2n) is 5.12. The third kappa shape index (κ3) is 3.33. The van der Waals surface area contributed by atoms with Crippen LogP contribution in [0.3, 0.4) is 0 Å². The van der Waals surface area contributed by atoms with Crippen molar-refractivity contribution in [3.63, 3.8) is 0 Å². The van der Waals surface area contributed by atoms with Gasteiger partial charge in [0.25, 0.3) is 0 Å². The molecule has 1 aromatic heterocycles. The molecule has 0 saturated carbocycles. The molecule has 5 amide bonds. The van der Waals surface area contributed by atoms with Crippen molar-refractivity contribution in [2.24, 2.45) is 0 Å². The minimum absolute atomic E-state index is 0.414. The first-order chi connectivity index (χ1) is 10.4. The van der Waals surface area contributed by atoms with Gasteiger partial charge < -0.3 is 5.32 Å². The lowest BCUT2D eigenvalue weighted by atomic mass is 10.3. The van der Waals surface area contributed by atoms with E-state index in [1.165, 1.54) is 0 Å². The van der Waals surface area contributed by atoms with Crippen LogP contribution in [0.1, 0.15) is 18.7 Å². The highest BCUT2D eigenvalue weighted by atomic mass is 32.1. The van der Waals surface area contributed by atoms with E-state index in [0.717, 1.165) is 9.78 Å². The maximum atomic E-state index is 12.0. The summed E-state index contributed by atoms with van der Waals surface area (Å²) in [6, 6.07) is 2.73. The van der Waals surface area contributed by atoms with Crippen molar-refractivity contribution in [3.8, 4) is 0 Å². The molecular formula is C14H17N3O4S. The van der Waals surface area contributed by atoms with Crippen molar-refractivity contribution in [1.29, 1.82) is 0 Å². The van der Waals surface area contributed by atoms with Gasteiger partial charge in [-0.2, -0.15) is 0 Å². The van der Waals surface area contributed by atoms with E-state index in [0.29, 0.717) is 17.9 Å². The van der Waals surface area contributed by atoms with Gasteiger partial charge in [-0.05, 0) is 31.7 Å². The van der Waals surface area contributed by atoms with Gasteiger partial charge >= 0.3 is 17.8 Å². The van der Waals surface area contributed by atoms with Gasteiger partial charge in [-0.15, -0.1) is 11.3 Å². The van der Waals surface area contributed by atoms with Gasteiger partial charge in [0.2, 0.25) is 5.91 Å². The van der Waals surface area contributed by atoms with E-state index >= 15 is 0 Å². The third-order valence-electron chi connectivity index (χ3n) is 3.18. The highest BCUT2D eigenvalue weighted by Crippen LogP contribution is 2.14. The second kappa shape index (κ2) is 6.69. The maximum absolute atomic E-state index is 12.0. The van der Waals surface area contributed by atoms with E-state index in [1.54, 1.807) is 25.2 Å². The Balaban J connectivity index is 1.87. The van der Waals surface area contributed by atoms with Gasteiger partial charge in [-0.25, -0.2) is 9.69 Å². The molecule has 7 nitrogen and oxygen atoms in total. The molecule has 8 heteroatoms. The Hall–Kier alpha value is -2.22. The van der Waals surface area contributed by atoms with Crippen LogP contribution in [0.5, 0.6) is 0 Å². The molecule has 1 fully saturated rings. The normalized spacial score (nSPS) is 15.1. The zero-order valence-electron chi connectivity index (χ0n) is 12.4. The molecular weight excluding hydrogens is 306 g/mol. The molecule has 118 valence electrons. The molecule has 0 radical (unpaired) electrons. The highest BCUT2D eigenvalue weighted by Gasteiger charge is 2.46. The molecule has 2 heterocycles. The number of thiophene rings is 1. The molecule has 2 rings (SSSR count). The van der Waals surface area contributed by atoms with Gasteiger partial charge in [0.05, 0.1) is 0 Å². The zero-order valence-corrected chi connectivity index (χ0v) is 13.2. The fourth-order valence-corrected chi connectivity index (χ4v) is 2.81. The maximum Gasteiger partial charge on any atom is 0.334 e. The van der Waals surface area contributed by atoms with Crippen LogP contribution in [0, 0.1) is 0 Å². The number of carbonyl (C=O) groups excluding carboxylic acids is 4. The number of amides is 5. The topological polar surface area (TPSA) is 86.8 Å². The van der Waals surface area contributed by atoms with Crippen molar-refractivity contribution in [1.82, 2.24) is 15.1 Å². The first-order valence-corrected chi connectivity index (χ1v) is 7.78. The number of nitrogens with zero attached hydrogens (tertiary/aromatic N) is 2. The fourth-order valence-electron chi connectivity index (χ4n) is 2.10. The van der Waals surface area contributed by atoms with E-state index in [-0.39, 0.29) is 0 Å². The molecule has 22 heavy (non-hydrogen) atoms. The van der Waals surface area contributed by atoms with Crippen LogP contribution in [-0.4, -0.2) is 52.7 Å². The first kappa shape index (κ1) is 16.2. The average Bonchev–Trinajstić information content (AvgIpc) is 3.02. The Kier molecular flexibility index (Phi) is 4.92. The van der Waals surface area contributed by atoms with Crippen molar-refractivity contribution in [3.05, 3.63) is 22.4 Å². The summed E-state index contributed by atoms with van der Waals surface area (Å²) in [6.07, 6.45) is 0.683. The second-order valence-corrected chi connectivity index (χ2v) is 6.15. The lowest BCUT2D eigenvalue weighted by Gasteiger charge is -2.18. The number of rotatable bonds is 6. The van der Waals surface area contributed by atoms with Crippen LogP contribution >= 0.6 is 11.3 Å².